The number of rotatable bonds is 5. The highest BCUT2D eigenvalue weighted by atomic mass is 16.5. The maximum absolute atomic E-state index is 9.24. The second-order valence-electron chi connectivity index (χ2n) is 4.88. The van der Waals surface area contributed by atoms with Gasteiger partial charge in [-0.1, -0.05) is 30.3 Å². The molecule has 2 rings (SSSR count). The van der Waals surface area contributed by atoms with Crippen LogP contribution in [0.15, 0.2) is 36.4 Å². The third-order valence-corrected chi connectivity index (χ3v) is 3.61. The molecule has 0 radical (unpaired) electrons. The summed E-state index contributed by atoms with van der Waals surface area (Å²) in [5.41, 5.74) is 7.25. The molecular weight excluding hydrogens is 238 g/mol. The maximum Gasteiger partial charge on any atom is 0.126 e. The Bertz CT molecular complexity index is 551. The van der Waals surface area contributed by atoms with Gasteiger partial charge in [0.05, 0.1) is 7.11 Å². The van der Waals surface area contributed by atoms with Crippen LogP contribution in [0.2, 0.25) is 0 Å². The van der Waals surface area contributed by atoms with E-state index in [1.807, 2.05) is 25.1 Å². The minimum Gasteiger partial charge on any atom is -0.496 e. The van der Waals surface area contributed by atoms with E-state index >= 15 is 0 Å². The second-order valence-corrected chi connectivity index (χ2v) is 4.88. The van der Waals surface area contributed by atoms with Crippen molar-refractivity contribution in [2.75, 3.05) is 13.7 Å². The largest absolute Gasteiger partial charge is 0.496 e. The zero-order valence-electron chi connectivity index (χ0n) is 11.5. The van der Waals surface area contributed by atoms with Gasteiger partial charge in [-0.2, -0.15) is 0 Å². The fourth-order valence-electron chi connectivity index (χ4n) is 2.64. The summed E-state index contributed by atoms with van der Waals surface area (Å²) in [6, 6.07) is 12.2. The Hall–Kier alpha value is -1.58. The number of benzene rings is 2. The van der Waals surface area contributed by atoms with E-state index in [1.54, 1.807) is 7.11 Å². The summed E-state index contributed by atoms with van der Waals surface area (Å²) in [4.78, 5) is 0. The van der Waals surface area contributed by atoms with Crippen LogP contribution < -0.4 is 10.5 Å². The number of hydrogen-bond acceptors (Lipinski definition) is 3. The van der Waals surface area contributed by atoms with Crippen LogP contribution >= 0.6 is 0 Å². The van der Waals surface area contributed by atoms with E-state index in [9.17, 15) is 5.11 Å². The lowest BCUT2D eigenvalue weighted by atomic mass is 9.86. The number of ether oxygens (including phenoxy) is 1. The Morgan fingerprint density at radius 1 is 1.16 bits per heavy atom. The monoisotopic (exact) mass is 259 g/mol. The molecule has 0 bridgehead atoms. The van der Waals surface area contributed by atoms with Crippen LogP contribution in [0.3, 0.4) is 0 Å². The van der Waals surface area contributed by atoms with Gasteiger partial charge in [0.2, 0.25) is 0 Å². The van der Waals surface area contributed by atoms with E-state index < -0.39 is 0 Å². The van der Waals surface area contributed by atoms with Crippen molar-refractivity contribution in [2.24, 2.45) is 5.73 Å². The molecule has 3 N–H and O–H groups in total. The molecule has 2 aromatic rings. The van der Waals surface area contributed by atoms with E-state index in [4.69, 9.17) is 10.5 Å². The van der Waals surface area contributed by atoms with Crippen LogP contribution in [0.5, 0.6) is 5.75 Å². The number of methoxy groups -OCH3 is 1. The van der Waals surface area contributed by atoms with Crippen molar-refractivity contribution in [3.05, 3.63) is 42.0 Å². The molecule has 0 fully saturated rings. The molecule has 0 aliphatic heterocycles. The summed E-state index contributed by atoms with van der Waals surface area (Å²) < 4.78 is 5.40. The molecule has 2 atom stereocenters. The van der Waals surface area contributed by atoms with Gasteiger partial charge in [0.25, 0.3) is 0 Å². The molecule has 3 nitrogen and oxygen atoms in total. The van der Waals surface area contributed by atoms with Gasteiger partial charge in [-0.25, -0.2) is 0 Å². The molecular formula is C16H21NO2. The number of nitrogens with two attached hydrogens (primary N) is 1. The zero-order chi connectivity index (χ0) is 13.8. The van der Waals surface area contributed by atoms with Crippen LogP contribution in [0.25, 0.3) is 10.8 Å². The Morgan fingerprint density at radius 2 is 1.84 bits per heavy atom. The van der Waals surface area contributed by atoms with Gasteiger partial charge >= 0.3 is 0 Å². The SMILES string of the molecule is COc1ccc(C(CCO)C(C)N)c2ccccc12. The standard InChI is InChI=1S/C16H21NO2/c1-11(17)12(9-10-18)14-7-8-16(19-2)15-6-4-3-5-13(14)15/h3-8,11-12,18H,9-10,17H2,1-2H3. The summed E-state index contributed by atoms with van der Waals surface area (Å²) in [5, 5.41) is 11.5. The molecule has 3 heteroatoms. The quantitative estimate of drug-likeness (QED) is 0.868. The van der Waals surface area contributed by atoms with E-state index in [0.717, 1.165) is 16.5 Å². The van der Waals surface area contributed by atoms with Crippen LogP contribution in [-0.4, -0.2) is 24.9 Å². The van der Waals surface area contributed by atoms with Crippen LogP contribution in [0, 0.1) is 0 Å². The molecule has 2 unspecified atom stereocenters. The first-order valence-corrected chi connectivity index (χ1v) is 6.61. The molecule has 0 heterocycles. The number of aliphatic hydroxyl groups is 1. The first-order valence-electron chi connectivity index (χ1n) is 6.61. The van der Waals surface area contributed by atoms with Crippen LogP contribution in [0.1, 0.15) is 24.8 Å². The third-order valence-electron chi connectivity index (χ3n) is 3.61. The van der Waals surface area contributed by atoms with E-state index in [0.29, 0.717) is 6.42 Å². The number of hydrogen-bond donors (Lipinski definition) is 2. The highest BCUT2D eigenvalue weighted by Crippen LogP contribution is 2.34. The minimum absolute atomic E-state index is 0.00366. The third kappa shape index (κ3) is 2.72. The summed E-state index contributed by atoms with van der Waals surface area (Å²) in [6.07, 6.45) is 0.675. The summed E-state index contributed by atoms with van der Waals surface area (Å²) >= 11 is 0. The van der Waals surface area contributed by atoms with E-state index in [-0.39, 0.29) is 18.6 Å². The van der Waals surface area contributed by atoms with Gasteiger partial charge in [0.1, 0.15) is 5.75 Å². The van der Waals surface area contributed by atoms with Gasteiger partial charge in [-0.05, 0) is 30.4 Å². The highest BCUT2D eigenvalue weighted by molar-refractivity contribution is 5.91. The van der Waals surface area contributed by atoms with Crippen LogP contribution in [-0.2, 0) is 0 Å². The van der Waals surface area contributed by atoms with Gasteiger partial charge in [0, 0.05) is 24.0 Å². The molecule has 0 aliphatic rings. The molecule has 0 saturated heterocycles. The lowest BCUT2D eigenvalue weighted by Crippen LogP contribution is -2.25. The number of aliphatic hydroxyl groups excluding tert-OH is 1. The average molecular weight is 259 g/mol. The van der Waals surface area contributed by atoms with Crippen molar-refractivity contribution in [1.82, 2.24) is 0 Å². The molecule has 0 amide bonds. The Morgan fingerprint density at radius 3 is 2.42 bits per heavy atom. The first kappa shape index (κ1) is 13.8. The van der Waals surface area contributed by atoms with Gasteiger partial charge in [-0.15, -0.1) is 0 Å². The van der Waals surface area contributed by atoms with Crippen LogP contribution in [0.4, 0.5) is 0 Å². The van der Waals surface area contributed by atoms with E-state index in [2.05, 4.69) is 18.2 Å². The Balaban J connectivity index is 2.60. The van der Waals surface area contributed by atoms with Crippen molar-refractivity contribution < 1.29 is 9.84 Å². The minimum atomic E-state index is 0.00366. The Labute approximate surface area is 114 Å². The van der Waals surface area contributed by atoms with Crippen molar-refractivity contribution >= 4 is 10.8 Å². The predicted octanol–water partition coefficient (Wildman–Crippen LogP) is 2.66. The highest BCUT2D eigenvalue weighted by Gasteiger charge is 2.19. The first-order chi connectivity index (χ1) is 9.19. The summed E-state index contributed by atoms with van der Waals surface area (Å²) in [6.45, 7) is 2.13. The summed E-state index contributed by atoms with van der Waals surface area (Å²) in [5.74, 6) is 1.02. The molecule has 2 aromatic carbocycles. The molecule has 102 valence electrons. The van der Waals surface area contributed by atoms with Gasteiger partial charge in [-0.3, -0.25) is 0 Å². The smallest absolute Gasteiger partial charge is 0.126 e. The predicted molar refractivity (Wildman–Crippen MR) is 78.6 cm³/mol. The number of fused-ring (bicyclic) bond motifs is 1. The van der Waals surface area contributed by atoms with E-state index in [1.165, 1.54) is 5.56 Å². The van der Waals surface area contributed by atoms with Crippen molar-refractivity contribution in [1.29, 1.82) is 0 Å². The fraction of sp³-hybridized carbons (Fsp3) is 0.375. The molecule has 0 saturated carbocycles. The van der Waals surface area contributed by atoms with Crippen molar-refractivity contribution in [2.45, 2.75) is 25.3 Å². The molecule has 0 aliphatic carbocycles. The van der Waals surface area contributed by atoms with Crippen molar-refractivity contribution in [3.63, 3.8) is 0 Å². The maximum atomic E-state index is 9.24. The lowest BCUT2D eigenvalue weighted by molar-refractivity contribution is 0.269. The molecule has 19 heavy (non-hydrogen) atoms. The van der Waals surface area contributed by atoms with Gasteiger partial charge in [0.15, 0.2) is 0 Å². The second kappa shape index (κ2) is 6.04. The van der Waals surface area contributed by atoms with Crippen molar-refractivity contribution in [3.8, 4) is 5.75 Å². The average Bonchev–Trinajstić information content (AvgIpc) is 2.43. The lowest BCUT2D eigenvalue weighted by Gasteiger charge is -2.22. The topological polar surface area (TPSA) is 55.5 Å². The van der Waals surface area contributed by atoms with Gasteiger partial charge < -0.3 is 15.6 Å². The Kier molecular flexibility index (Phi) is 4.40. The molecule has 0 spiro atoms. The fourth-order valence-corrected chi connectivity index (χ4v) is 2.64. The normalized spacial score (nSPS) is 14.3. The zero-order valence-corrected chi connectivity index (χ0v) is 11.5. The summed E-state index contributed by atoms with van der Waals surface area (Å²) in [7, 11) is 1.68. The molecule has 0 aromatic heterocycles.